The zero-order valence-electron chi connectivity index (χ0n) is 13.4. The maximum absolute atomic E-state index is 13.2. The molecule has 0 atom stereocenters. The van der Waals surface area contributed by atoms with Crippen LogP contribution in [0.15, 0.2) is 71.2 Å². The molecule has 4 rings (SSSR count). The fourth-order valence-corrected chi connectivity index (χ4v) is 4.36. The molecule has 0 bridgehead atoms. The van der Waals surface area contributed by atoms with Crippen molar-refractivity contribution >= 4 is 43.1 Å². The Bertz CT molecular complexity index is 1120. The van der Waals surface area contributed by atoms with Crippen LogP contribution in [0, 0.1) is 5.82 Å². The molecule has 5 heteroatoms. The van der Waals surface area contributed by atoms with Gasteiger partial charge in [0, 0.05) is 30.6 Å². The van der Waals surface area contributed by atoms with Gasteiger partial charge in [0.25, 0.3) is 0 Å². The summed E-state index contributed by atoms with van der Waals surface area (Å²) in [7, 11) is 0. The van der Waals surface area contributed by atoms with Crippen molar-refractivity contribution in [2.45, 2.75) is 0 Å². The van der Waals surface area contributed by atoms with Gasteiger partial charge in [0.1, 0.15) is 11.6 Å². The number of thiophene rings is 1. The molecule has 1 N–H and O–H groups in total. The van der Waals surface area contributed by atoms with Gasteiger partial charge in [-0.05, 0) is 60.2 Å². The molecule has 4 aromatic rings. The van der Waals surface area contributed by atoms with Crippen molar-refractivity contribution in [2.24, 2.45) is 0 Å². The average molecular weight is 427 g/mol. The summed E-state index contributed by atoms with van der Waals surface area (Å²) in [4.78, 5) is 14.0. The lowest BCUT2D eigenvalue weighted by molar-refractivity contribution is 0.104. The molecule has 0 unspecified atom stereocenters. The number of halogens is 2. The largest absolute Gasteiger partial charge is 0.508 e. The number of ketones is 1. The van der Waals surface area contributed by atoms with Gasteiger partial charge in [-0.3, -0.25) is 4.79 Å². The van der Waals surface area contributed by atoms with E-state index in [0.717, 1.165) is 25.0 Å². The summed E-state index contributed by atoms with van der Waals surface area (Å²) in [5.41, 5.74) is 1.91. The van der Waals surface area contributed by atoms with Crippen molar-refractivity contribution in [3.63, 3.8) is 0 Å². The molecule has 1 aromatic heterocycles. The minimum absolute atomic E-state index is 0.155. The van der Waals surface area contributed by atoms with E-state index in [2.05, 4.69) is 15.9 Å². The Morgan fingerprint density at radius 2 is 1.65 bits per heavy atom. The van der Waals surface area contributed by atoms with E-state index in [1.807, 2.05) is 24.3 Å². The zero-order chi connectivity index (χ0) is 18.3. The molecule has 0 amide bonds. The third-order valence-corrected chi connectivity index (χ3v) is 5.84. The van der Waals surface area contributed by atoms with Gasteiger partial charge in [0.2, 0.25) is 0 Å². The van der Waals surface area contributed by atoms with E-state index >= 15 is 0 Å². The Morgan fingerprint density at radius 1 is 0.962 bits per heavy atom. The molecule has 0 radical (unpaired) electrons. The van der Waals surface area contributed by atoms with Crippen LogP contribution in [0.25, 0.3) is 20.5 Å². The standard InChI is InChI=1S/C21H12BrFO2S/c22-14-5-1-13(2-6-14)21-19(17-10-9-16(24)11-18(17)26-21)20(25)12-3-7-15(23)8-4-12/h1-11,24H. The van der Waals surface area contributed by atoms with Crippen molar-refractivity contribution in [3.8, 4) is 16.2 Å². The Morgan fingerprint density at radius 3 is 2.35 bits per heavy atom. The summed E-state index contributed by atoms with van der Waals surface area (Å²) in [5.74, 6) is -0.392. The number of hydrogen-bond donors (Lipinski definition) is 1. The molecule has 0 spiro atoms. The van der Waals surface area contributed by atoms with Gasteiger partial charge in [-0.2, -0.15) is 0 Å². The maximum Gasteiger partial charge on any atom is 0.195 e. The minimum atomic E-state index is -0.380. The number of phenols is 1. The van der Waals surface area contributed by atoms with Crippen LogP contribution in [-0.4, -0.2) is 10.9 Å². The van der Waals surface area contributed by atoms with Gasteiger partial charge >= 0.3 is 0 Å². The molecule has 0 aliphatic carbocycles. The molecule has 128 valence electrons. The number of carbonyl (C=O) groups excluding carboxylic acids is 1. The second kappa shape index (κ2) is 6.67. The van der Waals surface area contributed by atoms with Crippen LogP contribution < -0.4 is 0 Å². The van der Waals surface area contributed by atoms with Crippen LogP contribution >= 0.6 is 27.3 Å². The van der Waals surface area contributed by atoms with Crippen LogP contribution in [0.1, 0.15) is 15.9 Å². The lowest BCUT2D eigenvalue weighted by Crippen LogP contribution is -2.02. The Kier molecular flexibility index (Phi) is 4.34. The highest BCUT2D eigenvalue weighted by molar-refractivity contribution is 9.10. The summed E-state index contributed by atoms with van der Waals surface area (Å²) in [6.45, 7) is 0. The predicted octanol–water partition coefficient (Wildman–Crippen LogP) is 6.41. The first-order chi connectivity index (χ1) is 12.5. The van der Waals surface area contributed by atoms with E-state index in [1.54, 1.807) is 18.2 Å². The summed E-state index contributed by atoms with van der Waals surface area (Å²) in [6.07, 6.45) is 0. The Balaban J connectivity index is 1.96. The van der Waals surface area contributed by atoms with E-state index in [9.17, 15) is 14.3 Å². The molecule has 0 aliphatic rings. The molecule has 0 fully saturated rings. The fraction of sp³-hybridized carbons (Fsp3) is 0. The molecular formula is C21H12BrFO2S. The zero-order valence-corrected chi connectivity index (χ0v) is 15.8. The third-order valence-electron chi connectivity index (χ3n) is 4.11. The van der Waals surface area contributed by atoms with Gasteiger partial charge in [0.15, 0.2) is 5.78 Å². The van der Waals surface area contributed by atoms with Crippen molar-refractivity contribution in [1.29, 1.82) is 0 Å². The van der Waals surface area contributed by atoms with Gasteiger partial charge in [-0.15, -0.1) is 11.3 Å². The minimum Gasteiger partial charge on any atom is -0.508 e. The Hall–Kier alpha value is -2.50. The first-order valence-corrected chi connectivity index (χ1v) is 9.45. The lowest BCUT2D eigenvalue weighted by Gasteiger charge is -2.05. The molecule has 26 heavy (non-hydrogen) atoms. The monoisotopic (exact) mass is 426 g/mol. The topological polar surface area (TPSA) is 37.3 Å². The number of carbonyl (C=O) groups is 1. The summed E-state index contributed by atoms with van der Waals surface area (Å²) in [6, 6.07) is 18.3. The number of fused-ring (bicyclic) bond motifs is 1. The molecule has 0 aliphatic heterocycles. The van der Waals surface area contributed by atoms with Gasteiger partial charge < -0.3 is 5.11 Å². The molecular weight excluding hydrogens is 415 g/mol. The highest BCUT2D eigenvalue weighted by Gasteiger charge is 2.21. The maximum atomic E-state index is 13.2. The fourth-order valence-electron chi connectivity index (χ4n) is 2.86. The van der Waals surface area contributed by atoms with Gasteiger partial charge in [0.05, 0.1) is 0 Å². The van der Waals surface area contributed by atoms with E-state index in [-0.39, 0.29) is 17.3 Å². The lowest BCUT2D eigenvalue weighted by atomic mass is 9.97. The van der Waals surface area contributed by atoms with Gasteiger partial charge in [-0.1, -0.05) is 28.1 Å². The van der Waals surface area contributed by atoms with Crippen LogP contribution in [0.4, 0.5) is 4.39 Å². The molecule has 3 aromatic carbocycles. The van der Waals surface area contributed by atoms with E-state index in [4.69, 9.17) is 0 Å². The first kappa shape index (κ1) is 16.9. The second-order valence-electron chi connectivity index (χ2n) is 5.83. The number of hydrogen-bond acceptors (Lipinski definition) is 3. The number of aromatic hydroxyl groups is 1. The van der Waals surface area contributed by atoms with Crippen molar-refractivity contribution in [3.05, 3.63) is 88.1 Å². The van der Waals surface area contributed by atoms with E-state index in [1.165, 1.54) is 35.6 Å². The second-order valence-corrected chi connectivity index (χ2v) is 7.80. The highest BCUT2D eigenvalue weighted by atomic mass is 79.9. The van der Waals surface area contributed by atoms with Crippen molar-refractivity contribution in [1.82, 2.24) is 0 Å². The van der Waals surface area contributed by atoms with Crippen LogP contribution in [-0.2, 0) is 0 Å². The molecule has 2 nitrogen and oxygen atoms in total. The van der Waals surface area contributed by atoms with Crippen LogP contribution in [0.2, 0.25) is 0 Å². The molecule has 0 saturated carbocycles. The quantitative estimate of drug-likeness (QED) is 0.384. The highest BCUT2D eigenvalue weighted by Crippen LogP contribution is 2.41. The first-order valence-electron chi connectivity index (χ1n) is 7.84. The van der Waals surface area contributed by atoms with Crippen molar-refractivity contribution in [2.75, 3.05) is 0 Å². The normalized spacial score (nSPS) is 11.0. The SMILES string of the molecule is O=C(c1ccc(F)cc1)c1c(-c2ccc(Br)cc2)sc2cc(O)ccc12. The number of phenolic OH excluding ortho intramolecular Hbond substituents is 1. The van der Waals surface area contributed by atoms with E-state index < -0.39 is 0 Å². The Labute approximate surface area is 161 Å². The van der Waals surface area contributed by atoms with Crippen LogP contribution in [0.3, 0.4) is 0 Å². The van der Waals surface area contributed by atoms with Crippen molar-refractivity contribution < 1.29 is 14.3 Å². The third kappa shape index (κ3) is 3.04. The van der Waals surface area contributed by atoms with E-state index in [0.29, 0.717) is 11.1 Å². The summed E-state index contributed by atoms with van der Waals surface area (Å²) >= 11 is 4.87. The molecule has 1 heterocycles. The summed E-state index contributed by atoms with van der Waals surface area (Å²) < 4.78 is 15.0. The van der Waals surface area contributed by atoms with Gasteiger partial charge in [-0.25, -0.2) is 4.39 Å². The average Bonchev–Trinajstić information content (AvgIpc) is 3.00. The number of rotatable bonds is 3. The predicted molar refractivity (Wildman–Crippen MR) is 106 cm³/mol. The van der Waals surface area contributed by atoms with Crippen LogP contribution in [0.5, 0.6) is 5.75 Å². The molecule has 0 saturated heterocycles. The number of benzene rings is 3. The summed E-state index contributed by atoms with van der Waals surface area (Å²) in [5, 5.41) is 10.6. The smallest absolute Gasteiger partial charge is 0.195 e.